The zero-order valence-corrected chi connectivity index (χ0v) is 14.8. The number of nitrogens with zero attached hydrogens (tertiary/aromatic N) is 3. The summed E-state index contributed by atoms with van der Waals surface area (Å²) >= 11 is 1.84. The largest absolute Gasteiger partial charge is 0.457 e. The number of carbonyl (C=O) groups is 1. The molecule has 0 fully saturated rings. The molecule has 0 saturated heterocycles. The topological polar surface area (TPSA) is 97.7 Å². The summed E-state index contributed by atoms with van der Waals surface area (Å²) in [4.78, 5) is 12.5. The van der Waals surface area contributed by atoms with Crippen molar-refractivity contribution in [2.24, 2.45) is 0 Å². The van der Waals surface area contributed by atoms with E-state index in [4.69, 9.17) is 4.74 Å². The molecule has 0 aliphatic heterocycles. The van der Waals surface area contributed by atoms with Crippen LogP contribution in [-0.4, -0.2) is 5.97 Å². The molecule has 0 radical (unpaired) electrons. The molecule has 0 aromatic heterocycles. The summed E-state index contributed by atoms with van der Waals surface area (Å²) in [7, 11) is 0. The second-order valence-corrected chi connectivity index (χ2v) is 5.91. The summed E-state index contributed by atoms with van der Waals surface area (Å²) in [5.74, 6) is -0.725. The predicted octanol–water partition coefficient (Wildman–Crippen LogP) is 3.57. The summed E-state index contributed by atoms with van der Waals surface area (Å²) in [5, 5.41) is 28.0. The minimum atomic E-state index is -0.725. The lowest BCUT2D eigenvalue weighted by Crippen LogP contribution is -2.13. The molecule has 2 rings (SSSR count). The molecule has 0 aliphatic carbocycles. The van der Waals surface area contributed by atoms with Crippen LogP contribution in [0.4, 0.5) is 0 Å². The third-order valence-electron chi connectivity index (χ3n) is 3.44. The van der Waals surface area contributed by atoms with Crippen molar-refractivity contribution >= 4 is 28.6 Å². The highest BCUT2D eigenvalue weighted by atomic mass is 127. The molecule has 0 bridgehead atoms. The van der Waals surface area contributed by atoms with Gasteiger partial charge in [0.05, 0.1) is 25.8 Å². The quantitative estimate of drug-likeness (QED) is 0.551. The van der Waals surface area contributed by atoms with E-state index in [1.165, 1.54) is 0 Å². The van der Waals surface area contributed by atoms with Gasteiger partial charge in [0.2, 0.25) is 0 Å². The van der Waals surface area contributed by atoms with Gasteiger partial charge in [0.15, 0.2) is 0 Å². The van der Waals surface area contributed by atoms with Crippen molar-refractivity contribution in [2.45, 2.75) is 13.5 Å². The van der Waals surface area contributed by atoms with Gasteiger partial charge in [-0.1, -0.05) is 30.3 Å². The van der Waals surface area contributed by atoms with Crippen LogP contribution >= 0.6 is 22.6 Å². The molecule has 24 heavy (non-hydrogen) atoms. The van der Waals surface area contributed by atoms with Crippen LogP contribution < -0.4 is 0 Å². The Bertz CT molecular complexity index is 932. The maximum Gasteiger partial charge on any atom is 0.340 e. The van der Waals surface area contributed by atoms with E-state index in [0.717, 1.165) is 5.56 Å². The third-order valence-corrected chi connectivity index (χ3v) is 4.52. The lowest BCUT2D eigenvalue weighted by atomic mass is 9.93. The van der Waals surface area contributed by atoms with Gasteiger partial charge in [0.1, 0.15) is 24.8 Å². The van der Waals surface area contributed by atoms with Crippen molar-refractivity contribution < 1.29 is 9.53 Å². The van der Waals surface area contributed by atoms with Crippen LogP contribution in [-0.2, 0) is 11.3 Å². The van der Waals surface area contributed by atoms with E-state index in [-0.39, 0.29) is 28.9 Å². The summed E-state index contributed by atoms with van der Waals surface area (Å²) in [5.41, 5.74) is 1.28. The molecule has 6 heteroatoms. The first kappa shape index (κ1) is 17.5. The molecule has 2 aromatic carbocycles. The number of hydrogen-bond donors (Lipinski definition) is 0. The fourth-order valence-electron chi connectivity index (χ4n) is 2.24. The van der Waals surface area contributed by atoms with Gasteiger partial charge in [0.25, 0.3) is 0 Å². The minimum absolute atomic E-state index is 0.0203. The van der Waals surface area contributed by atoms with E-state index < -0.39 is 5.97 Å². The first-order chi connectivity index (χ1) is 11.5. The monoisotopic (exact) mass is 427 g/mol. The van der Waals surface area contributed by atoms with Crippen LogP contribution in [0.5, 0.6) is 0 Å². The molecular formula is C18H10IN3O2. The Morgan fingerprint density at radius 3 is 2.17 bits per heavy atom. The first-order valence-corrected chi connectivity index (χ1v) is 7.90. The van der Waals surface area contributed by atoms with Crippen LogP contribution in [0.3, 0.4) is 0 Å². The lowest BCUT2D eigenvalue weighted by Gasteiger charge is -2.13. The number of hydrogen-bond acceptors (Lipinski definition) is 5. The molecule has 0 spiro atoms. The van der Waals surface area contributed by atoms with Crippen molar-refractivity contribution in [1.29, 1.82) is 15.8 Å². The van der Waals surface area contributed by atoms with Gasteiger partial charge in [-0.3, -0.25) is 0 Å². The highest BCUT2D eigenvalue weighted by Gasteiger charge is 2.25. The summed E-state index contributed by atoms with van der Waals surface area (Å²) in [6, 6.07) is 14.9. The number of ether oxygens (including phenoxy) is 1. The first-order valence-electron chi connectivity index (χ1n) is 6.82. The highest BCUT2D eigenvalue weighted by molar-refractivity contribution is 14.1. The van der Waals surface area contributed by atoms with E-state index >= 15 is 0 Å². The average molecular weight is 427 g/mol. The zero-order chi connectivity index (χ0) is 17.7. The number of rotatable bonds is 3. The van der Waals surface area contributed by atoms with Gasteiger partial charge < -0.3 is 4.74 Å². The Labute approximate surface area is 152 Å². The summed E-state index contributed by atoms with van der Waals surface area (Å²) < 4.78 is 5.63. The maximum absolute atomic E-state index is 12.5. The smallest absolute Gasteiger partial charge is 0.340 e. The molecule has 0 amide bonds. The number of esters is 1. The third kappa shape index (κ3) is 3.22. The normalized spacial score (nSPS) is 9.46. The van der Waals surface area contributed by atoms with E-state index in [0.29, 0.717) is 9.13 Å². The van der Waals surface area contributed by atoms with Crippen LogP contribution in [0.25, 0.3) is 0 Å². The molecule has 0 atom stereocenters. The van der Waals surface area contributed by atoms with Crippen molar-refractivity contribution in [3.05, 3.63) is 67.3 Å². The molecule has 0 N–H and O–H groups in total. The van der Waals surface area contributed by atoms with E-state index in [2.05, 4.69) is 0 Å². The maximum atomic E-state index is 12.5. The second-order valence-electron chi connectivity index (χ2n) is 4.84. The van der Waals surface area contributed by atoms with Crippen LogP contribution in [0, 0.1) is 44.5 Å². The Hall–Kier alpha value is -2.89. The van der Waals surface area contributed by atoms with E-state index in [1.54, 1.807) is 19.1 Å². The summed E-state index contributed by atoms with van der Waals surface area (Å²) in [6.45, 7) is 1.61. The fraction of sp³-hybridized carbons (Fsp3) is 0.111. The second kappa shape index (κ2) is 7.59. The number of benzene rings is 2. The number of halogens is 1. The minimum Gasteiger partial charge on any atom is -0.457 e. The molecule has 0 heterocycles. The standard InChI is InChI=1S/C18H10IN3O2/c1-11-13(7-20)17(19)15(9-22)14(8-21)16(11)18(23)24-10-12-5-3-2-4-6-12/h2-6H,10H2,1H3. The average Bonchev–Trinajstić information content (AvgIpc) is 2.60. The molecule has 2 aromatic rings. The molecular weight excluding hydrogens is 417 g/mol. The summed E-state index contributed by atoms with van der Waals surface area (Å²) in [6.07, 6.45) is 0. The van der Waals surface area contributed by atoms with Crippen molar-refractivity contribution in [3.63, 3.8) is 0 Å². The predicted molar refractivity (Wildman–Crippen MR) is 93.6 cm³/mol. The SMILES string of the molecule is Cc1c(C#N)c(I)c(C#N)c(C#N)c1C(=O)OCc1ccccc1. The van der Waals surface area contributed by atoms with E-state index in [1.807, 2.05) is 59.0 Å². The van der Waals surface area contributed by atoms with Gasteiger partial charge in [0, 0.05) is 0 Å². The zero-order valence-electron chi connectivity index (χ0n) is 12.6. The van der Waals surface area contributed by atoms with Gasteiger partial charge in [-0.15, -0.1) is 0 Å². The van der Waals surface area contributed by atoms with Gasteiger partial charge in [-0.05, 0) is 40.6 Å². The number of nitriles is 3. The fourth-order valence-corrected chi connectivity index (χ4v) is 3.15. The van der Waals surface area contributed by atoms with Gasteiger partial charge in [-0.25, -0.2) is 4.79 Å². The number of carbonyl (C=O) groups excluding carboxylic acids is 1. The van der Waals surface area contributed by atoms with Crippen LogP contribution in [0.1, 0.15) is 38.2 Å². The van der Waals surface area contributed by atoms with Crippen molar-refractivity contribution in [2.75, 3.05) is 0 Å². The van der Waals surface area contributed by atoms with Crippen LogP contribution in [0.15, 0.2) is 30.3 Å². The van der Waals surface area contributed by atoms with Crippen molar-refractivity contribution in [3.8, 4) is 18.2 Å². The van der Waals surface area contributed by atoms with Crippen molar-refractivity contribution in [1.82, 2.24) is 0 Å². The molecule has 0 saturated carbocycles. The molecule has 0 aliphatic rings. The Morgan fingerprint density at radius 2 is 1.62 bits per heavy atom. The Kier molecular flexibility index (Phi) is 5.52. The molecule has 5 nitrogen and oxygen atoms in total. The van der Waals surface area contributed by atoms with Crippen LogP contribution in [0.2, 0.25) is 0 Å². The van der Waals surface area contributed by atoms with Gasteiger partial charge in [-0.2, -0.15) is 15.8 Å². The lowest BCUT2D eigenvalue weighted by molar-refractivity contribution is 0.0471. The molecule has 0 unspecified atom stereocenters. The highest BCUT2D eigenvalue weighted by Crippen LogP contribution is 2.29. The Morgan fingerprint density at radius 1 is 1.04 bits per heavy atom. The van der Waals surface area contributed by atoms with Gasteiger partial charge >= 0.3 is 5.97 Å². The Balaban J connectivity index is 2.50. The molecule has 116 valence electrons. The van der Waals surface area contributed by atoms with E-state index in [9.17, 15) is 20.6 Å².